The smallest absolute Gasteiger partial charge is 0.136 e. The minimum Gasteiger partial charge on any atom is -0.495 e. The van der Waals surface area contributed by atoms with E-state index in [9.17, 15) is 0 Å². The second-order valence-electron chi connectivity index (χ2n) is 1.50. The molecule has 0 N–H and O–H groups in total. The van der Waals surface area contributed by atoms with E-state index < -0.39 is 0 Å². The Kier molecular flexibility index (Phi) is 3.74. The van der Waals surface area contributed by atoms with Gasteiger partial charge in [0.1, 0.15) is 11.8 Å². The summed E-state index contributed by atoms with van der Waals surface area (Å²) in [5.74, 6) is 0.456. The molecule has 0 aromatic rings. The van der Waals surface area contributed by atoms with Crippen molar-refractivity contribution in [1.82, 2.24) is 0 Å². The van der Waals surface area contributed by atoms with Crippen LogP contribution in [0, 0.1) is 11.3 Å². The first kappa shape index (κ1) is 8.51. The van der Waals surface area contributed by atoms with Crippen molar-refractivity contribution < 1.29 is 4.74 Å². The van der Waals surface area contributed by atoms with Gasteiger partial charge in [0.25, 0.3) is 0 Å². The molecule has 0 atom stereocenters. The van der Waals surface area contributed by atoms with Crippen molar-refractivity contribution >= 4 is 0 Å². The summed E-state index contributed by atoms with van der Waals surface area (Å²) in [6.07, 6.45) is 2.90. The van der Waals surface area contributed by atoms with E-state index in [2.05, 4.69) is 13.2 Å². The fraction of sp³-hybridized carbons (Fsp3) is 0.125. The molecule has 0 heterocycles. The summed E-state index contributed by atoms with van der Waals surface area (Å²) in [6.45, 7) is 6.91. The number of hydrogen-bond acceptors (Lipinski definition) is 2. The molecule has 0 amide bonds. The number of hydrogen-bond donors (Lipinski definition) is 0. The Labute approximate surface area is 60.7 Å². The number of rotatable bonds is 3. The molecule has 0 rings (SSSR count). The summed E-state index contributed by atoms with van der Waals surface area (Å²) in [5, 5.41) is 8.45. The van der Waals surface area contributed by atoms with Crippen molar-refractivity contribution in [3.8, 4) is 6.07 Å². The van der Waals surface area contributed by atoms with Crippen LogP contribution in [0.1, 0.15) is 0 Å². The Morgan fingerprint density at radius 2 is 2.10 bits per heavy atom. The predicted molar refractivity (Wildman–Crippen MR) is 40.0 cm³/mol. The lowest BCUT2D eigenvalue weighted by molar-refractivity contribution is 0.305. The Hall–Kier alpha value is -1.49. The van der Waals surface area contributed by atoms with Crippen LogP contribution in [0.5, 0.6) is 0 Å². The average Bonchev–Trinajstić information content (AvgIpc) is 2.00. The number of methoxy groups -OCH3 is 1. The van der Waals surface area contributed by atoms with E-state index in [4.69, 9.17) is 10.00 Å². The van der Waals surface area contributed by atoms with Gasteiger partial charge in [-0.15, -0.1) is 0 Å². The summed E-state index contributed by atoms with van der Waals surface area (Å²) in [6, 6.07) is 1.92. The van der Waals surface area contributed by atoms with E-state index in [1.54, 1.807) is 0 Å². The minimum absolute atomic E-state index is 0.400. The first-order chi connectivity index (χ1) is 4.79. The number of nitriles is 1. The average molecular weight is 135 g/mol. The summed E-state index contributed by atoms with van der Waals surface area (Å²) in [4.78, 5) is 0. The van der Waals surface area contributed by atoms with Gasteiger partial charge in [-0.25, -0.2) is 0 Å². The van der Waals surface area contributed by atoms with Crippen molar-refractivity contribution in [3.05, 3.63) is 36.6 Å². The third-order valence-corrected chi connectivity index (χ3v) is 0.995. The minimum atomic E-state index is 0.400. The van der Waals surface area contributed by atoms with Crippen molar-refractivity contribution in [3.63, 3.8) is 0 Å². The molecule has 10 heavy (non-hydrogen) atoms. The van der Waals surface area contributed by atoms with E-state index >= 15 is 0 Å². The molecule has 0 bridgehead atoms. The van der Waals surface area contributed by atoms with E-state index in [1.807, 2.05) is 6.07 Å². The van der Waals surface area contributed by atoms with Crippen LogP contribution in [0.3, 0.4) is 0 Å². The molecular formula is C8H9NO. The maximum Gasteiger partial charge on any atom is 0.136 e. The molecule has 0 saturated heterocycles. The third kappa shape index (κ3) is 1.79. The highest BCUT2D eigenvalue weighted by Crippen LogP contribution is 2.05. The second-order valence-corrected chi connectivity index (χ2v) is 1.50. The van der Waals surface area contributed by atoms with Gasteiger partial charge in [0, 0.05) is 0 Å². The van der Waals surface area contributed by atoms with E-state index in [0.717, 1.165) is 0 Å². The Morgan fingerprint density at radius 3 is 2.20 bits per heavy atom. The quantitative estimate of drug-likeness (QED) is 0.335. The SMILES string of the molecule is C=C/C(C#N)=C(\C=C)OC. The van der Waals surface area contributed by atoms with Gasteiger partial charge >= 0.3 is 0 Å². The highest BCUT2D eigenvalue weighted by atomic mass is 16.5. The lowest BCUT2D eigenvalue weighted by Gasteiger charge is -1.98. The predicted octanol–water partition coefficient (Wildman–Crippen LogP) is 1.78. The molecule has 0 unspecified atom stereocenters. The first-order valence-corrected chi connectivity index (χ1v) is 2.73. The zero-order valence-electron chi connectivity index (χ0n) is 5.92. The van der Waals surface area contributed by atoms with Crippen molar-refractivity contribution in [2.75, 3.05) is 7.11 Å². The largest absolute Gasteiger partial charge is 0.495 e. The van der Waals surface area contributed by atoms with Crippen LogP contribution in [-0.4, -0.2) is 7.11 Å². The van der Waals surface area contributed by atoms with Gasteiger partial charge in [0.2, 0.25) is 0 Å². The van der Waals surface area contributed by atoms with Gasteiger partial charge < -0.3 is 4.74 Å². The van der Waals surface area contributed by atoms with Crippen LogP contribution >= 0.6 is 0 Å². The molecule has 0 saturated carbocycles. The van der Waals surface area contributed by atoms with Crippen LogP contribution in [0.2, 0.25) is 0 Å². The molecule has 0 aromatic heterocycles. The molecule has 0 aliphatic rings. The van der Waals surface area contributed by atoms with Crippen molar-refractivity contribution in [1.29, 1.82) is 5.26 Å². The molecule has 52 valence electrons. The Morgan fingerprint density at radius 1 is 1.50 bits per heavy atom. The molecule has 0 fully saturated rings. The Bertz CT molecular complexity index is 208. The maximum atomic E-state index is 8.45. The van der Waals surface area contributed by atoms with Gasteiger partial charge in [0.05, 0.1) is 12.7 Å². The van der Waals surface area contributed by atoms with E-state index in [1.165, 1.54) is 19.3 Å². The van der Waals surface area contributed by atoms with E-state index in [-0.39, 0.29) is 0 Å². The third-order valence-electron chi connectivity index (χ3n) is 0.995. The number of allylic oxidation sites excluding steroid dienone is 3. The van der Waals surface area contributed by atoms with Crippen LogP contribution in [0.4, 0.5) is 0 Å². The van der Waals surface area contributed by atoms with Crippen molar-refractivity contribution in [2.45, 2.75) is 0 Å². The monoisotopic (exact) mass is 135 g/mol. The molecule has 0 radical (unpaired) electrons. The normalized spacial score (nSPS) is 10.8. The zero-order chi connectivity index (χ0) is 7.98. The van der Waals surface area contributed by atoms with Gasteiger partial charge in [0.15, 0.2) is 0 Å². The van der Waals surface area contributed by atoms with Crippen LogP contribution in [-0.2, 0) is 4.74 Å². The molecule has 0 aliphatic carbocycles. The maximum absolute atomic E-state index is 8.45. The fourth-order valence-corrected chi connectivity index (χ4v) is 0.505. The molecular weight excluding hydrogens is 126 g/mol. The molecule has 0 aromatic carbocycles. The molecule has 0 aliphatic heterocycles. The topological polar surface area (TPSA) is 33.0 Å². The standard InChI is InChI=1S/C8H9NO/c1-4-7(6-9)8(5-2)10-3/h4-5H,1-2H2,3H3/b8-7-. The van der Waals surface area contributed by atoms with Gasteiger partial charge in [-0.3, -0.25) is 0 Å². The van der Waals surface area contributed by atoms with E-state index in [0.29, 0.717) is 11.3 Å². The summed E-state index contributed by atoms with van der Waals surface area (Å²) in [5.41, 5.74) is 0.400. The molecule has 2 heteroatoms. The van der Waals surface area contributed by atoms with Crippen LogP contribution < -0.4 is 0 Å². The Balaban J connectivity index is 4.73. The van der Waals surface area contributed by atoms with Gasteiger partial charge in [-0.1, -0.05) is 13.2 Å². The van der Waals surface area contributed by atoms with Gasteiger partial charge in [-0.2, -0.15) is 5.26 Å². The first-order valence-electron chi connectivity index (χ1n) is 2.73. The fourth-order valence-electron chi connectivity index (χ4n) is 0.505. The lowest BCUT2D eigenvalue weighted by atomic mass is 10.2. The van der Waals surface area contributed by atoms with Gasteiger partial charge in [-0.05, 0) is 12.2 Å². The summed E-state index contributed by atoms with van der Waals surface area (Å²) in [7, 11) is 1.48. The molecule has 2 nitrogen and oxygen atoms in total. The number of ether oxygens (including phenoxy) is 1. The highest BCUT2D eigenvalue weighted by Gasteiger charge is 1.96. The second kappa shape index (κ2) is 4.39. The highest BCUT2D eigenvalue weighted by molar-refractivity contribution is 5.38. The zero-order valence-corrected chi connectivity index (χ0v) is 5.92. The molecule has 0 spiro atoms. The van der Waals surface area contributed by atoms with Crippen molar-refractivity contribution in [2.24, 2.45) is 0 Å². The van der Waals surface area contributed by atoms with Crippen LogP contribution in [0.15, 0.2) is 36.6 Å². The van der Waals surface area contributed by atoms with Crippen LogP contribution in [0.25, 0.3) is 0 Å². The summed E-state index contributed by atoms with van der Waals surface area (Å²) < 4.78 is 4.81. The number of nitrogens with zero attached hydrogens (tertiary/aromatic N) is 1. The summed E-state index contributed by atoms with van der Waals surface area (Å²) >= 11 is 0. The lowest BCUT2D eigenvalue weighted by Crippen LogP contribution is -1.85.